The highest BCUT2D eigenvalue weighted by molar-refractivity contribution is 7.99. The average molecular weight is 257 g/mol. The highest BCUT2D eigenvalue weighted by Crippen LogP contribution is 2.22. The summed E-state index contributed by atoms with van der Waals surface area (Å²) in [7, 11) is 0. The number of thioether (sulfide) groups is 1. The number of hydrogen-bond acceptors (Lipinski definition) is 6. The van der Waals surface area contributed by atoms with E-state index in [4.69, 9.17) is 9.68 Å². The molecule has 0 saturated heterocycles. The number of aromatic nitrogens is 4. The minimum absolute atomic E-state index is 0.285. The molecule has 0 N–H and O–H groups in total. The van der Waals surface area contributed by atoms with Crippen molar-refractivity contribution in [1.29, 1.82) is 5.26 Å². The van der Waals surface area contributed by atoms with Crippen molar-refractivity contribution in [3.63, 3.8) is 0 Å². The highest BCUT2D eigenvalue weighted by Gasteiger charge is 2.12. The normalized spacial score (nSPS) is 10.6. The third-order valence-electron chi connectivity index (χ3n) is 2.26. The third-order valence-corrected chi connectivity index (χ3v) is 2.94. The molecular formula is C11H7N5OS. The summed E-state index contributed by atoms with van der Waals surface area (Å²) in [5.74, 6) is 0.645. The van der Waals surface area contributed by atoms with E-state index in [2.05, 4.69) is 15.3 Å². The van der Waals surface area contributed by atoms with Crippen molar-refractivity contribution < 1.29 is 4.42 Å². The lowest BCUT2D eigenvalue weighted by Crippen LogP contribution is -1.84. The predicted molar refractivity (Wildman–Crippen MR) is 64.8 cm³/mol. The molecule has 3 heterocycles. The summed E-state index contributed by atoms with van der Waals surface area (Å²) >= 11 is 1.21. The Balaban J connectivity index is 1.94. The first kappa shape index (κ1) is 10.8. The molecule has 0 bridgehead atoms. The van der Waals surface area contributed by atoms with Crippen LogP contribution in [0.2, 0.25) is 0 Å². The van der Waals surface area contributed by atoms with Gasteiger partial charge >= 0.3 is 0 Å². The van der Waals surface area contributed by atoms with Gasteiger partial charge in [-0.25, -0.2) is 4.52 Å². The fourth-order valence-corrected chi connectivity index (χ4v) is 1.93. The van der Waals surface area contributed by atoms with Gasteiger partial charge in [0.2, 0.25) is 0 Å². The second-order valence-corrected chi connectivity index (χ2v) is 4.35. The Kier molecular flexibility index (Phi) is 2.70. The fraction of sp³-hybridized carbons (Fsp3) is 0.0909. The summed E-state index contributed by atoms with van der Waals surface area (Å²) < 4.78 is 7.15. The molecule has 3 rings (SSSR count). The molecule has 0 aliphatic carbocycles. The van der Waals surface area contributed by atoms with Crippen LogP contribution in [0.4, 0.5) is 0 Å². The molecule has 18 heavy (non-hydrogen) atoms. The molecule has 3 aromatic heterocycles. The summed E-state index contributed by atoms with van der Waals surface area (Å²) in [6.07, 6.45) is 1.85. The first-order chi connectivity index (χ1) is 8.86. The second-order valence-electron chi connectivity index (χ2n) is 3.42. The van der Waals surface area contributed by atoms with Gasteiger partial charge in [0.25, 0.3) is 11.1 Å². The minimum atomic E-state index is 0.285. The van der Waals surface area contributed by atoms with Gasteiger partial charge in [0.15, 0.2) is 5.69 Å². The zero-order chi connectivity index (χ0) is 12.4. The molecule has 0 aliphatic heterocycles. The number of nitriles is 1. The number of hydrogen-bond donors (Lipinski definition) is 0. The van der Waals surface area contributed by atoms with Crippen molar-refractivity contribution in [3.8, 4) is 17.7 Å². The standard InChI is InChI=1S/C11H7N5OS/c12-4-6-18-11-14-13-10(17-11)9-7-8-3-1-2-5-16(8)15-9/h1-3,5,7H,6H2. The van der Waals surface area contributed by atoms with Crippen molar-refractivity contribution >= 4 is 17.3 Å². The molecule has 0 radical (unpaired) electrons. The van der Waals surface area contributed by atoms with Gasteiger partial charge in [-0.05, 0) is 18.2 Å². The number of fused-ring (bicyclic) bond motifs is 1. The third kappa shape index (κ3) is 1.94. The molecule has 0 unspecified atom stereocenters. The van der Waals surface area contributed by atoms with Crippen LogP contribution in [0.3, 0.4) is 0 Å². The molecule has 6 nitrogen and oxygen atoms in total. The summed E-state index contributed by atoms with van der Waals surface area (Å²) in [6.45, 7) is 0. The quantitative estimate of drug-likeness (QED) is 0.667. The van der Waals surface area contributed by atoms with E-state index in [0.717, 1.165) is 5.52 Å². The lowest BCUT2D eigenvalue weighted by atomic mass is 10.3. The first-order valence-electron chi connectivity index (χ1n) is 5.15. The van der Waals surface area contributed by atoms with Crippen molar-refractivity contribution in [2.75, 3.05) is 5.75 Å². The smallest absolute Gasteiger partial charge is 0.277 e. The van der Waals surface area contributed by atoms with Crippen LogP contribution in [0.25, 0.3) is 17.1 Å². The Bertz CT molecular complexity index is 693. The summed E-state index contributed by atoms with van der Waals surface area (Å²) in [5.41, 5.74) is 1.58. The number of pyridine rings is 1. The van der Waals surface area contributed by atoms with Gasteiger partial charge < -0.3 is 4.42 Å². The van der Waals surface area contributed by atoms with Crippen molar-refractivity contribution in [2.45, 2.75) is 5.22 Å². The van der Waals surface area contributed by atoms with E-state index >= 15 is 0 Å². The van der Waals surface area contributed by atoms with Gasteiger partial charge in [-0.3, -0.25) is 0 Å². The Hall–Kier alpha value is -2.33. The maximum absolute atomic E-state index is 8.47. The topological polar surface area (TPSA) is 80.0 Å². The molecule has 0 aromatic carbocycles. The van der Waals surface area contributed by atoms with Crippen molar-refractivity contribution in [2.24, 2.45) is 0 Å². The maximum Gasteiger partial charge on any atom is 0.277 e. The lowest BCUT2D eigenvalue weighted by molar-refractivity contribution is 0.464. The van der Waals surface area contributed by atoms with Gasteiger partial charge in [0, 0.05) is 6.20 Å². The van der Waals surface area contributed by atoms with E-state index < -0.39 is 0 Å². The summed E-state index contributed by atoms with van der Waals surface area (Å²) in [4.78, 5) is 0. The average Bonchev–Trinajstić information content (AvgIpc) is 3.02. The van der Waals surface area contributed by atoms with E-state index in [1.165, 1.54) is 11.8 Å². The molecule has 0 spiro atoms. The number of rotatable bonds is 3. The summed E-state index contributed by atoms with van der Waals surface area (Å²) in [6, 6.07) is 9.64. The zero-order valence-electron chi connectivity index (χ0n) is 9.15. The molecule has 0 fully saturated rings. The van der Waals surface area contributed by atoms with E-state index in [9.17, 15) is 0 Å². The van der Waals surface area contributed by atoms with Crippen LogP contribution in [-0.2, 0) is 0 Å². The van der Waals surface area contributed by atoms with Gasteiger partial charge in [-0.1, -0.05) is 17.8 Å². The van der Waals surface area contributed by atoms with Gasteiger partial charge in [0.1, 0.15) is 0 Å². The highest BCUT2D eigenvalue weighted by atomic mass is 32.2. The van der Waals surface area contributed by atoms with Crippen LogP contribution in [0.15, 0.2) is 40.1 Å². The number of nitrogens with zero attached hydrogens (tertiary/aromatic N) is 5. The summed E-state index contributed by atoms with van der Waals surface area (Å²) in [5, 5.41) is 20.9. The van der Waals surface area contributed by atoms with Gasteiger partial charge in [-0.2, -0.15) is 10.4 Å². The monoisotopic (exact) mass is 257 g/mol. The van der Waals surface area contributed by atoms with Gasteiger partial charge in [0.05, 0.1) is 17.3 Å². The molecule has 0 amide bonds. The molecule has 88 valence electrons. The van der Waals surface area contributed by atoms with Crippen LogP contribution >= 0.6 is 11.8 Å². The van der Waals surface area contributed by atoms with Crippen LogP contribution in [-0.4, -0.2) is 25.6 Å². The molecule has 0 aliphatic rings. The molecular weight excluding hydrogens is 250 g/mol. The van der Waals surface area contributed by atoms with Crippen LogP contribution < -0.4 is 0 Å². The van der Waals surface area contributed by atoms with Crippen LogP contribution in [0, 0.1) is 11.3 Å². The Morgan fingerprint density at radius 2 is 2.33 bits per heavy atom. The fourth-order valence-electron chi connectivity index (χ4n) is 1.51. The van der Waals surface area contributed by atoms with Crippen LogP contribution in [0.1, 0.15) is 0 Å². The first-order valence-corrected chi connectivity index (χ1v) is 6.13. The lowest BCUT2D eigenvalue weighted by Gasteiger charge is -1.87. The predicted octanol–water partition coefficient (Wildman–Crippen LogP) is 2.00. The Morgan fingerprint density at radius 1 is 1.39 bits per heavy atom. The van der Waals surface area contributed by atoms with E-state index in [-0.39, 0.29) is 5.75 Å². The zero-order valence-corrected chi connectivity index (χ0v) is 9.96. The van der Waals surface area contributed by atoms with Gasteiger partial charge in [-0.15, -0.1) is 10.2 Å². The Labute approximate surface area is 106 Å². The van der Waals surface area contributed by atoms with E-state index in [1.54, 1.807) is 4.52 Å². The molecule has 7 heteroatoms. The van der Waals surface area contributed by atoms with E-state index in [0.29, 0.717) is 16.8 Å². The molecule has 3 aromatic rings. The maximum atomic E-state index is 8.47. The molecule has 0 atom stereocenters. The largest absolute Gasteiger partial charge is 0.410 e. The minimum Gasteiger partial charge on any atom is -0.410 e. The van der Waals surface area contributed by atoms with Crippen molar-refractivity contribution in [3.05, 3.63) is 30.5 Å². The second kappa shape index (κ2) is 4.50. The van der Waals surface area contributed by atoms with Crippen LogP contribution in [0.5, 0.6) is 0 Å². The Morgan fingerprint density at radius 3 is 3.17 bits per heavy atom. The van der Waals surface area contributed by atoms with E-state index in [1.807, 2.05) is 36.5 Å². The molecule has 0 saturated carbocycles. The van der Waals surface area contributed by atoms with Crippen molar-refractivity contribution in [1.82, 2.24) is 19.8 Å². The SMILES string of the molecule is N#CCSc1nnc(-c2cc3ccccn3n2)o1.